The largest absolute Gasteiger partial charge is 0.466 e. The van der Waals surface area contributed by atoms with Crippen molar-refractivity contribution in [3.8, 4) is 0 Å². The standard InChI is InChI=1S/C24H27N3O9/c1-4-33-17(29)11-15-18(21(30)34-5-2)24(19(20(26)36-15)22(31)35-6-3)13-9-7-8-10-14(13)27(23(24)32)12-16(25)28/h7-10H,4-6,11-12,26H2,1-3H3,(H2,25,28). The number of carbonyl (C=O) groups is 5. The summed E-state index contributed by atoms with van der Waals surface area (Å²) in [5, 5.41) is 0. The van der Waals surface area contributed by atoms with Crippen molar-refractivity contribution in [1.82, 2.24) is 0 Å². The Kier molecular flexibility index (Phi) is 7.66. The maximum atomic E-state index is 14.2. The van der Waals surface area contributed by atoms with Gasteiger partial charge in [-0.1, -0.05) is 18.2 Å². The van der Waals surface area contributed by atoms with Crippen LogP contribution in [0.5, 0.6) is 0 Å². The summed E-state index contributed by atoms with van der Waals surface area (Å²) in [5.41, 5.74) is 8.73. The Hall–Kier alpha value is -4.35. The van der Waals surface area contributed by atoms with Crippen LogP contribution in [0.3, 0.4) is 0 Å². The number of benzene rings is 1. The molecule has 192 valence electrons. The first-order valence-corrected chi connectivity index (χ1v) is 11.3. The van der Waals surface area contributed by atoms with Crippen molar-refractivity contribution >= 4 is 35.4 Å². The van der Waals surface area contributed by atoms with Crippen LogP contribution in [0.15, 0.2) is 47.1 Å². The first-order valence-electron chi connectivity index (χ1n) is 11.3. The van der Waals surface area contributed by atoms with Crippen LogP contribution in [-0.2, 0) is 48.3 Å². The predicted octanol–water partition coefficient (Wildman–Crippen LogP) is 0.290. The average molecular weight is 501 g/mol. The Morgan fingerprint density at radius 1 is 0.944 bits per heavy atom. The molecule has 0 bridgehead atoms. The zero-order valence-electron chi connectivity index (χ0n) is 20.1. The molecular formula is C24H27N3O9. The van der Waals surface area contributed by atoms with E-state index in [9.17, 15) is 24.0 Å². The number of nitrogens with zero attached hydrogens (tertiary/aromatic N) is 1. The molecule has 0 aromatic heterocycles. The molecule has 1 spiro atoms. The zero-order chi connectivity index (χ0) is 26.6. The van der Waals surface area contributed by atoms with Crippen molar-refractivity contribution in [2.45, 2.75) is 32.6 Å². The second-order valence-corrected chi connectivity index (χ2v) is 7.69. The smallest absolute Gasteiger partial charge is 0.341 e. The summed E-state index contributed by atoms with van der Waals surface area (Å²) in [4.78, 5) is 66.2. The van der Waals surface area contributed by atoms with E-state index in [2.05, 4.69) is 0 Å². The molecule has 0 aliphatic carbocycles. The molecule has 12 heteroatoms. The molecule has 0 saturated carbocycles. The van der Waals surface area contributed by atoms with Gasteiger partial charge in [-0.05, 0) is 26.8 Å². The number of para-hydroxylation sites is 1. The van der Waals surface area contributed by atoms with Crippen molar-refractivity contribution in [3.63, 3.8) is 0 Å². The van der Waals surface area contributed by atoms with Crippen molar-refractivity contribution in [2.24, 2.45) is 11.5 Å². The molecule has 2 amide bonds. The number of hydrogen-bond acceptors (Lipinski definition) is 10. The monoisotopic (exact) mass is 501 g/mol. The van der Waals surface area contributed by atoms with Crippen LogP contribution in [0.25, 0.3) is 0 Å². The fraction of sp³-hybridized carbons (Fsp3) is 0.375. The van der Waals surface area contributed by atoms with E-state index in [-0.39, 0.29) is 36.8 Å². The van der Waals surface area contributed by atoms with E-state index < -0.39 is 65.1 Å². The van der Waals surface area contributed by atoms with Gasteiger partial charge in [-0.15, -0.1) is 0 Å². The zero-order valence-corrected chi connectivity index (χ0v) is 20.1. The Balaban J connectivity index is 2.44. The molecule has 3 rings (SSSR count). The lowest BCUT2D eigenvalue weighted by Crippen LogP contribution is -2.52. The lowest BCUT2D eigenvalue weighted by atomic mass is 9.67. The lowest BCUT2D eigenvalue weighted by Gasteiger charge is -2.36. The summed E-state index contributed by atoms with van der Waals surface area (Å²) >= 11 is 0. The molecule has 1 unspecified atom stereocenters. The van der Waals surface area contributed by atoms with E-state index in [4.69, 9.17) is 30.4 Å². The highest BCUT2D eigenvalue weighted by atomic mass is 16.6. The lowest BCUT2D eigenvalue weighted by molar-refractivity contribution is -0.144. The predicted molar refractivity (Wildman–Crippen MR) is 124 cm³/mol. The van der Waals surface area contributed by atoms with Gasteiger partial charge >= 0.3 is 17.9 Å². The van der Waals surface area contributed by atoms with E-state index in [1.54, 1.807) is 32.9 Å². The van der Waals surface area contributed by atoms with Crippen LogP contribution in [0.4, 0.5) is 5.69 Å². The van der Waals surface area contributed by atoms with E-state index in [1.165, 1.54) is 12.1 Å². The van der Waals surface area contributed by atoms with Crippen molar-refractivity contribution in [1.29, 1.82) is 0 Å². The molecule has 0 radical (unpaired) electrons. The maximum Gasteiger partial charge on any atom is 0.341 e. The Morgan fingerprint density at radius 2 is 1.53 bits per heavy atom. The Bertz CT molecular complexity index is 1190. The number of primary amides is 1. The minimum Gasteiger partial charge on any atom is -0.466 e. The second-order valence-electron chi connectivity index (χ2n) is 7.69. The molecule has 0 fully saturated rings. The fourth-order valence-electron chi connectivity index (χ4n) is 4.40. The van der Waals surface area contributed by atoms with E-state index >= 15 is 0 Å². The Morgan fingerprint density at radius 3 is 2.11 bits per heavy atom. The minimum absolute atomic E-state index is 0.0412. The van der Waals surface area contributed by atoms with E-state index in [1.807, 2.05) is 0 Å². The van der Waals surface area contributed by atoms with Gasteiger partial charge in [0.05, 0.1) is 19.8 Å². The van der Waals surface area contributed by atoms with Crippen LogP contribution in [0.1, 0.15) is 32.8 Å². The van der Waals surface area contributed by atoms with Crippen molar-refractivity contribution in [3.05, 3.63) is 52.6 Å². The van der Waals surface area contributed by atoms with Crippen LogP contribution in [0, 0.1) is 0 Å². The molecule has 1 aromatic carbocycles. The van der Waals surface area contributed by atoms with Crippen molar-refractivity contribution in [2.75, 3.05) is 31.3 Å². The number of fused-ring (bicyclic) bond motifs is 2. The molecule has 2 aliphatic rings. The number of hydrogen-bond donors (Lipinski definition) is 2. The van der Waals surface area contributed by atoms with Crippen LogP contribution in [0.2, 0.25) is 0 Å². The quantitative estimate of drug-likeness (QED) is 0.353. The third-order valence-electron chi connectivity index (χ3n) is 5.56. The highest BCUT2D eigenvalue weighted by Gasteiger charge is 2.64. The summed E-state index contributed by atoms with van der Waals surface area (Å²) < 4.78 is 21.0. The van der Waals surface area contributed by atoms with Gasteiger partial charge in [0.15, 0.2) is 0 Å². The maximum absolute atomic E-state index is 14.2. The number of rotatable bonds is 9. The number of ether oxygens (including phenoxy) is 4. The highest BCUT2D eigenvalue weighted by Crippen LogP contribution is 2.54. The number of esters is 3. The van der Waals surface area contributed by atoms with Gasteiger partial charge in [0.25, 0.3) is 0 Å². The number of carbonyl (C=O) groups excluding carboxylic acids is 5. The molecule has 1 atom stereocenters. The van der Waals surface area contributed by atoms with Crippen LogP contribution >= 0.6 is 0 Å². The van der Waals surface area contributed by atoms with E-state index in [0.717, 1.165) is 4.90 Å². The second kappa shape index (κ2) is 10.5. The minimum atomic E-state index is -2.24. The average Bonchev–Trinajstić information content (AvgIpc) is 3.02. The topological polar surface area (TPSA) is 178 Å². The number of amides is 2. The summed E-state index contributed by atoms with van der Waals surface area (Å²) in [7, 11) is 0. The third kappa shape index (κ3) is 4.25. The van der Waals surface area contributed by atoms with Gasteiger partial charge in [0.1, 0.15) is 35.3 Å². The van der Waals surface area contributed by atoms with Gasteiger partial charge in [-0.25, -0.2) is 9.59 Å². The molecule has 12 nitrogen and oxygen atoms in total. The molecule has 36 heavy (non-hydrogen) atoms. The molecule has 0 saturated heterocycles. The first-order chi connectivity index (χ1) is 17.1. The third-order valence-corrected chi connectivity index (χ3v) is 5.56. The van der Waals surface area contributed by atoms with Gasteiger partial charge < -0.3 is 35.3 Å². The molecule has 4 N–H and O–H groups in total. The van der Waals surface area contributed by atoms with Gasteiger partial charge in [-0.2, -0.15) is 0 Å². The summed E-state index contributed by atoms with van der Waals surface area (Å²) in [5.74, 6) is -5.45. The van der Waals surface area contributed by atoms with Gasteiger partial charge in [-0.3, -0.25) is 14.4 Å². The van der Waals surface area contributed by atoms with Crippen LogP contribution in [-0.4, -0.2) is 56.1 Å². The normalized spacial score (nSPS) is 18.6. The summed E-state index contributed by atoms with van der Waals surface area (Å²) in [6.07, 6.45) is -0.591. The molecule has 2 heterocycles. The molecular weight excluding hydrogens is 474 g/mol. The number of anilines is 1. The fourth-order valence-corrected chi connectivity index (χ4v) is 4.40. The van der Waals surface area contributed by atoms with Gasteiger partial charge in [0.2, 0.25) is 17.7 Å². The van der Waals surface area contributed by atoms with Crippen LogP contribution < -0.4 is 16.4 Å². The van der Waals surface area contributed by atoms with E-state index in [0.29, 0.717) is 0 Å². The SMILES string of the molecule is CCOC(=O)CC1=C(C(=O)OCC)C2(C(=O)N(CC(N)=O)c3ccccc32)C(C(=O)OCC)=C(N)O1. The first kappa shape index (κ1) is 26.3. The molecule has 2 aliphatic heterocycles. The summed E-state index contributed by atoms with van der Waals surface area (Å²) in [6, 6.07) is 6.19. The number of nitrogens with two attached hydrogens (primary N) is 2. The summed E-state index contributed by atoms with van der Waals surface area (Å²) in [6.45, 7) is 3.98. The van der Waals surface area contributed by atoms with Crippen molar-refractivity contribution < 1.29 is 42.9 Å². The Labute approximate surface area is 206 Å². The highest BCUT2D eigenvalue weighted by molar-refractivity contribution is 6.23. The van der Waals surface area contributed by atoms with Gasteiger partial charge in [0, 0.05) is 11.3 Å². The molecule has 1 aromatic rings.